The summed E-state index contributed by atoms with van der Waals surface area (Å²) in [6.07, 6.45) is 2.90. The first-order chi connectivity index (χ1) is 12.8. The summed E-state index contributed by atoms with van der Waals surface area (Å²) in [6, 6.07) is 9.04. The van der Waals surface area contributed by atoms with Gasteiger partial charge in [0.15, 0.2) is 0 Å². The number of nitriles is 1. The maximum absolute atomic E-state index is 12.6. The highest BCUT2D eigenvalue weighted by Gasteiger charge is 2.36. The van der Waals surface area contributed by atoms with Crippen molar-refractivity contribution in [3.63, 3.8) is 0 Å². The van der Waals surface area contributed by atoms with Gasteiger partial charge in [-0.2, -0.15) is 5.26 Å². The fraction of sp³-hybridized carbons (Fsp3) is 0.474. The average molecular weight is 368 g/mol. The number of aromatic nitrogens is 3. The standard InChI is InChI=1S/C19H24N6O2/c1-18(2,3)25-13-21-16(24-25)22-17(26)23-19(8-10-27-11-9-19)15-6-4-14(12-20)5-7-15/h4-7,13H,8-11H2,1-3H3,(H2,22,23,24,26). The zero-order chi connectivity index (χ0) is 19.5. The molecule has 0 saturated carbocycles. The van der Waals surface area contributed by atoms with Crippen molar-refractivity contribution in [2.45, 2.75) is 44.7 Å². The molecule has 0 bridgehead atoms. The van der Waals surface area contributed by atoms with Crippen molar-refractivity contribution >= 4 is 12.0 Å². The van der Waals surface area contributed by atoms with Gasteiger partial charge in [0.25, 0.3) is 0 Å². The van der Waals surface area contributed by atoms with Crippen LogP contribution in [0.2, 0.25) is 0 Å². The van der Waals surface area contributed by atoms with Gasteiger partial charge in [-0.25, -0.2) is 14.5 Å². The number of nitrogens with zero attached hydrogens (tertiary/aromatic N) is 4. The Morgan fingerprint density at radius 2 is 1.93 bits per heavy atom. The number of nitrogens with one attached hydrogen (secondary N) is 2. The van der Waals surface area contributed by atoms with Crippen LogP contribution < -0.4 is 10.6 Å². The monoisotopic (exact) mass is 368 g/mol. The van der Waals surface area contributed by atoms with Crippen LogP contribution in [-0.4, -0.2) is 34.0 Å². The molecule has 0 spiro atoms. The number of hydrogen-bond acceptors (Lipinski definition) is 5. The molecule has 2 N–H and O–H groups in total. The van der Waals surface area contributed by atoms with E-state index in [1.54, 1.807) is 23.1 Å². The Hall–Kier alpha value is -2.92. The minimum Gasteiger partial charge on any atom is -0.381 e. The maximum Gasteiger partial charge on any atom is 0.322 e. The number of urea groups is 1. The molecule has 0 radical (unpaired) electrons. The lowest BCUT2D eigenvalue weighted by Gasteiger charge is -2.38. The molecule has 3 rings (SSSR count). The quantitative estimate of drug-likeness (QED) is 0.867. The normalized spacial score (nSPS) is 16.4. The lowest BCUT2D eigenvalue weighted by molar-refractivity contribution is 0.0418. The number of ether oxygens (including phenoxy) is 1. The third-order valence-electron chi connectivity index (χ3n) is 4.67. The van der Waals surface area contributed by atoms with Crippen molar-refractivity contribution in [2.75, 3.05) is 18.5 Å². The second kappa shape index (κ2) is 7.37. The number of rotatable bonds is 3. The van der Waals surface area contributed by atoms with Gasteiger partial charge in [0.2, 0.25) is 5.95 Å². The van der Waals surface area contributed by atoms with Crippen LogP contribution in [0, 0.1) is 11.3 Å². The number of amides is 2. The van der Waals surface area contributed by atoms with Crippen molar-refractivity contribution in [2.24, 2.45) is 0 Å². The first-order valence-electron chi connectivity index (χ1n) is 8.92. The highest BCUT2D eigenvalue weighted by Crippen LogP contribution is 2.32. The summed E-state index contributed by atoms with van der Waals surface area (Å²) < 4.78 is 7.18. The average Bonchev–Trinajstić information content (AvgIpc) is 3.11. The molecular weight excluding hydrogens is 344 g/mol. The molecule has 0 atom stereocenters. The molecule has 2 heterocycles. The van der Waals surface area contributed by atoms with Gasteiger partial charge in [0.1, 0.15) is 6.33 Å². The van der Waals surface area contributed by atoms with Crippen molar-refractivity contribution in [1.29, 1.82) is 5.26 Å². The fourth-order valence-corrected chi connectivity index (χ4v) is 3.06. The number of carbonyl (C=O) groups excluding carboxylic acids is 1. The molecule has 1 fully saturated rings. The van der Waals surface area contributed by atoms with Crippen LogP contribution in [0.5, 0.6) is 0 Å². The molecule has 0 unspecified atom stereocenters. The maximum atomic E-state index is 12.6. The van der Waals surface area contributed by atoms with E-state index >= 15 is 0 Å². The van der Waals surface area contributed by atoms with E-state index in [1.807, 2.05) is 32.9 Å². The first-order valence-corrected chi connectivity index (χ1v) is 8.92. The van der Waals surface area contributed by atoms with Crippen LogP contribution >= 0.6 is 0 Å². The molecule has 2 amide bonds. The second-order valence-electron chi connectivity index (χ2n) is 7.65. The minimum absolute atomic E-state index is 0.214. The Morgan fingerprint density at radius 3 is 2.48 bits per heavy atom. The van der Waals surface area contributed by atoms with Gasteiger partial charge in [-0.3, -0.25) is 5.32 Å². The molecule has 8 heteroatoms. The van der Waals surface area contributed by atoms with Gasteiger partial charge in [0.05, 0.1) is 22.7 Å². The molecule has 1 aromatic heterocycles. The van der Waals surface area contributed by atoms with E-state index < -0.39 is 5.54 Å². The molecule has 1 aliphatic heterocycles. The van der Waals surface area contributed by atoms with Gasteiger partial charge in [0, 0.05) is 13.2 Å². The number of anilines is 1. The van der Waals surface area contributed by atoms with E-state index in [0.29, 0.717) is 31.6 Å². The van der Waals surface area contributed by atoms with Crippen molar-refractivity contribution < 1.29 is 9.53 Å². The van der Waals surface area contributed by atoms with Gasteiger partial charge in [-0.15, -0.1) is 5.10 Å². The molecule has 142 valence electrons. The van der Waals surface area contributed by atoms with E-state index in [9.17, 15) is 4.79 Å². The Balaban J connectivity index is 1.77. The Morgan fingerprint density at radius 1 is 1.26 bits per heavy atom. The topological polar surface area (TPSA) is 105 Å². The van der Waals surface area contributed by atoms with E-state index in [4.69, 9.17) is 10.00 Å². The Kier molecular flexibility index (Phi) is 5.15. The van der Waals surface area contributed by atoms with Crippen LogP contribution in [0.15, 0.2) is 30.6 Å². The van der Waals surface area contributed by atoms with Crippen LogP contribution in [0.1, 0.15) is 44.7 Å². The van der Waals surface area contributed by atoms with Gasteiger partial charge < -0.3 is 10.1 Å². The number of hydrogen-bond donors (Lipinski definition) is 2. The molecule has 2 aromatic rings. The largest absolute Gasteiger partial charge is 0.381 e. The van der Waals surface area contributed by atoms with E-state index in [2.05, 4.69) is 26.8 Å². The van der Waals surface area contributed by atoms with Crippen molar-refractivity contribution in [3.8, 4) is 6.07 Å². The molecular formula is C19H24N6O2. The van der Waals surface area contributed by atoms with Gasteiger partial charge >= 0.3 is 6.03 Å². The number of carbonyl (C=O) groups is 1. The first kappa shape index (κ1) is 18.9. The summed E-state index contributed by atoms with van der Waals surface area (Å²) in [7, 11) is 0. The summed E-state index contributed by atoms with van der Waals surface area (Å²) in [5.41, 5.74) is 0.770. The summed E-state index contributed by atoms with van der Waals surface area (Å²) in [5, 5.41) is 19.1. The molecule has 27 heavy (non-hydrogen) atoms. The fourth-order valence-electron chi connectivity index (χ4n) is 3.06. The van der Waals surface area contributed by atoms with E-state index in [1.165, 1.54) is 0 Å². The summed E-state index contributed by atoms with van der Waals surface area (Å²) in [6.45, 7) is 7.13. The SMILES string of the molecule is CC(C)(C)n1cnc(NC(=O)NC2(c3ccc(C#N)cc3)CCOCC2)n1. The summed E-state index contributed by atoms with van der Waals surface area (Å²) >= 11 is 0. The minimum atomic E-state index is -0.553. The lowest BCUT2D eigenvalue weighted by atomic mass is 9.82. The smallest absolute Gasteiger partial charge is 0.322 e. The third-order valence-corrected chi connectivity index (χ3v) is 4.67. The molecule has 0 aliphatic carbocycles. The molecule has 1 aromatic carbocycles. The summed E-state index contributed by atoms with van der Waals surface area (Å²) in [4.78, 5) is 16.8. The second-order valence-corrected chi connectivity index (χ2v) is 7.65. The van der Waals surface area contributed by atoms with Gasteiger partial charge in [-0.1, -0.05) is 12.1 Å². The van der Waals surface area contributed by atoms with Crippen LogP contribution in [0.3, 0.4) is 0 Å². The highest BCUT2D eigenvalue weighted by molar-refractivity contribution is 5.88. The highest BCUT2D eigenvalue weighted by atomic mass is 16.5. The van der Waals surface area contributed by atoms with Crippen LogP contribution in [0.25, 0.3) is 0 Å². The van der Waals surface area contributed by atoms with E-state index in [0.717, 1.165) is 5.56 Å². The third kappa shape index (κ3) is 4.26. The Bertz CT molecular complexity index is 838. The van der Waals surface area contributed by atoms with Gasteiger partial charge in [-0.05, 0) is 51.3 Å². The van der Waals surface area contributed by atoms with Crippen molar-refractivity contribution in [3.05, 3.63) is 41.7 Å². The van der Waals surface area contributed by atoms with Crippen LogP contribution in [0.4, 0.5) is 10.7 Å². The Labute approximate surface area is 158 Å². The predicted octanol–water partition coefficient (Wildman–Crippen LogP) is 2.73. The predicted molar refractivity (Wildman–Crippen MR) is 100 cm³/mol. The number of benzene rings is 1. The van der Waals surface area contributed by atoms with E-state index in [-0.39, 0.29) is 17.5 Å². The molecule has 1 aliphatic rings. The zero-order valence-electron chi connectivity index (χ0n) is 15.8. The van der Waals surface area contributed by atoms with Crippen LogP contribution in [-0.2, 0) is 15.8 Å². The summed E-state index contributed by atoms with van der Waals surface area (Å²) in [5.74, 6) is 0.254. The molecule has 8 nitrogen and oxygen atoms in total. The molecule has 1 saturated heterocycles. The van der Waals surface area contributed by atoms with Crippen molar-refractivity contribution in [1.82, 2.24) is 20.1 Å². The lowest BCUT2D eigenvalue weighted by Crippen LogP contribution is -2.51. The zero-order valence-corrected chi connectivity index (χ0v) is 15.8.